The van der Waals surface area contributed by atoms with Gasteiger partial charge in [0.2, 0.25) is 0 Å². The van der Waals surface area contributed by atoms with Gasteiger partial charge in [-0.05, 0) is 48.2 Å². The lowest BCUT2D eigenvalue weighted by Crippen LogP contribution is -2.32. The van der Waals surface area contributed by atoms with E-state index in [9.17, 15) is 24.9 Å². The normalized spacial score (nSPS) is 27.0. The third-order valence-electron chi connectivity index (χ3n) is 5.39. The van der Waals surface area contributed by atoms with Gasteiger partial charge in [0.25, 0.3) is 0 Å². The molecule has 6 heteroatoms. The standard InChI is InChI=1S/C25H26O6/c1-15-11-12-21(27)24(29)20(26)10-6-9-18-13-19(17-7-4-3-5-8-17)14-22(28)23(18)25(30)31-16(15)2/h3-9,11-16,20,24,26,28-29H,10H2,1-2H3/b9-6+,12-11-/t15-,16-,20-,24-/m0/s1. The molecule has 162 valence electrons. The van der Waals surface area contributed by atoms with E-state index in [1.165, 1.54) is 18.2 Å². The van der Waals surface area contributed by atoms with Crippen molar-refractivity contribution in [2.75, 3.05) is 0 Å². The summed E-state index contributed by atoms with van der Waals surface area (Å²) in [4.78, 5) is 25.0. The van der Waals surface area contributed by atoms with E-state index >= 15 is 0 Å². The smallest absolute Gasteiger partial charge is 0.342 e. The van der Waals surface area contributed by atoms with Gasteiger partial charge in [0.15, 0.2) is 5.78 Å². The molecule has 6 nitrogen and oxygen atoms in total. The van der Waals surface area contributed by atoms with Gasteiger partial charge in [-0.2, -0.15) is 0 Å². The number of hydrogen-bond acceptors (Lipinski definition) is 6. The van der Waals surface area contributed by atoms with E-state index < -0.39 is 30.1 Å². The highest BCUT2D eigenvalue weighted by molar-refractivity contribution is 5.98. The van der Waals surface area contributed by atoms with E-state index in [1.54, 1.807) is 32.1 Å². The van der Waals surface area contributed by atoms with Crippen LogP contribution in [0.1, 0.15) is 36.2 Å². The number of carbonyl (C=O) groups is 2. The number of rotatable bonds is 1. The molecular weight excluding hydrogens is 396 g/mol. The van der Waals surface area contributed by atoms with Crippen LogP contribution in [0.2, 0.25) is 0 Å². The van der Waals surface area contributed by atoms with Crippen molar-refractivity contribution < 1.29 is 29.6 Å². The summed E-state index contributed by atoms with van der Waals surface area (Å²) in [5.41, 5.74) is 1.98. The second-order valence-electron chi connectivity index (χ2n) is 7.71. The molecule has 0 unspecified atom stereocenters. The molecule has 0 saturated carbocycles. The van der Waals surface area contributed by atoms with Crippen LogP contribution in [0.5, 0.6) is 5.75 Å². The molecule has 1 heterocycles. The van der Waals surface area contributed by atoms with Crippen molar-refractivity contribution in [2.24, 2.45) is 5.92 Å². The summed E-state index contributed by atoms with van der Waals surface area (Å²) in [5, 5.41) is 30.9. The predicted molar refractivity (Wildman–Crippen MR) is 117 cm³/mol. The maximum Gasteiger partial charge on any atom is 0.342 e. The minimum atomic E-state index is -1.56. The lowest BCUT2D eigenvalue weighted by Gasteiger charge is -2.20. The largest absolute Gasteiger partial charge is 0.507 e. The molecule has 0 aliphatic carbocycles. The third kappa shape index (κ3) is 5.29. The summed E-state index contributed by atoms with van der Waals surface area (Å²) in [5.74, 6) is -1.85. The number of cyclic esters (lactones) is 1. The van der Waals surface area contributed by atoms with Crippen LogP contribution < -0.4 is 0 Å². The molecule has 0 saturated heterocycles. The van der Waals surface area contributed by atoms with Gasteiger partial charge in [0.1, 0.15) is 23.5 Å². The molecular formula is C25H26O6. The van der Waals surface area contributed by atoms with Gasteiger partial charge in [-0.25, -0.2) is 4.79 Å². The van der Waals surface area contributed by atoms with Crippen molar-refractivity contribution in [3.05, 3.63) is 71.8 Å². The van der Waals surface area contributed by atoms with Crippen molar-refractivity contribution in [1.29, 1.82) is 0 Å². The number of ether oxygens (including phenoxy) is 1. The Morgan fingerprint density at radius 3 is 2.39 bits per heavy atom. The second-order valence-corrected chi connectivity index (χ2v) is 7.71. The molecule has 3 N–H and O–H groups in total. The lowest BCUT2D eigenvalue weighted by atomic mass is 9.96. The Kier molecular flexibility index (Phi) is 7.05. The van der Waals surface area contributed by atoms with Crippen LogP contribution in [-0.4, -0.2) is 45.4 Å². The van der Waals surface area contributed by atoms with E-state index in [1.807, 2.05) is 30.3 Å². The van der Waals surface area contributed by atoms with Gasteiger partial charge in [-0.15, -0.1) is 0 Å². The van der Waals surface area contributed by atoms with Crippen LogP contribution in [0.25, 0.3) is 17.2 Å². The lowest BCUT2D eigenvalue weighted by molar-refractivity contribution is -0.127. The van der Waals surface area contributed by atoms with Gasteiger partial charge in [-0.3, -0.25) is 4.79 Å². The van der Waals surface area contributed by atoms with Crippen molar-refractivity contribution in [3.8, 4) is 16.9 Å². The summed E-state index contributed by atoms with van der Waals surface area (Å²) >= 11 is 0. The van der Waals surface area contributed by atoms with Crippen LogP contribution in [0, 0.1) is 5.92 Å². The number of ketones is 1. The summed E-state index contributed by atoms with van der Waals surface area (Å²) in [6, 6.07) is 12.6. The fourth-order valence-electron chi connectivity index (χ4n) is 3.29. The Morgan fingerprint density at radius 2 is 1.68 bits per heavy atom. The van der Waals surface area contributed by atoms with Gasteiger partial charge >= 0.3 is 5.97 Å². The molecule has 4 atom stereocenters. The number of fused-ring (bicyclic) bond motifs is 1. The molecule has 0 fully saturated rings. The fourth-order valence-corrected chi connectivity index (χ4v) is 3.29. The highest BCUT2D eigenvalue weighted by Crippen LogP contribution is 2.32. The summed E-state index contributed by atoms with van der Waals surface area (Å²) in [6.07, 6.45) is 2.36. The van der Waals surface area contributed by atoms with E-state index in [0.29, 0.717) is 11.1 Å². The number of benzene rings is 2. The van der Waals surface area contributed by atoms with Gasteiger partial charge < -0.3 is 20.1 Å². The van der Waals surface area contributed by atoms with Gasteiger partial charge in [0.05, 0.1) is 6.10 Å². The van der Waals surface area contributed by atoms with Crippen molar-refractivity contribution in [2.45, 2.75) is 38.6 Å². The van der Waals surface area contributed by atoms with E-state index in [0.717, 1.165) is 5.56 Å². The number of aromatic hydroxyl groups is 1. The molecule has 31 heavy (non-hydrogen) atoms. The predicted octanol–water partition coefficient (Wildman–Crippen LogP) is 3.50. The maximum absolute atomic E-state index is 12.9. The molecule has 0 spiro atoms. The number of phenolic OH excluding ortho intramolecular Hbond substituents is 1. The number of hydrogen-bond donors (Lipinski definition) is 3. The first-order chi connectivity index (χ1) is 14.8. The van der Waals surface area contributed by atoms with Crippen molar-refractivity contribution >= 4 is 17.8 Å². The Balaban J connectivity index is 2.08. The summed E-state index contributed by atoms with van der Waals surface area (Å²) in [7, 11) is 0. The van der Waals surface area contributed by atoms with E-state index in [4.69, 9.17) is 4.74 Å². The molecule has 0 aromatic heterocycles. The molecule has 2 aromatic rings. The van der Waals surface area contributed by atoms with E-state index in [2.05, 4.69) is 0 Å². The minimum Gasteiger partial charge on any atom is -0.507 e. The van der Waals surface area contributed by atoms with Crippen LogP contribution in [0.15, 0.2) is 60.7 Å². The zero-order chi connectivity index (χ0) is 22.5. The molecule has 0 amide bonds. The quantitative estimate of drug-likeness (QED) is 0.608. The molecule has 3 rings (SSSR count). The number of esters is 1. The zero-order valence-corrected chi connectivity index (χ0v) is 17.4. The van der Waals surface area contributed by atoms with Crippen LogP contribution in [-0.2, 0) is 9.53 Å². The first-order valence-corrected chi connectivity index (χ1v) is 10.2. The number of carbonyl (C=O) groups excluding carboxylic acids is 2. The Bertz CT molecular complexity index is 1010. The molecule has 1 aliphatic rings. The Hall–Kier alpha value is -3.22. The first-order valence-electron chi connectivity index (χ1n) is 10.2. The summed E-state index contributed by atoms with van der Waals surface area (Å²) < 4.78 is 5.54. The average Bonchev–Trinajstić information content (AvgIpc) is 2.76. The number of phenols is 1. The highest BCUT2D eigenvalue weighted by Gasteiger charge is 2.25. The fraction of sp³-hybridized carbons (Fsp3) is 0.280. The minimum absolute atomic E-state index is 0.0159. The second kappa shape index (κ2) is 9.73. The van der Waals surface area contributed by atoms with Crippen LogP contribution in [0.4, 0.5) is 0 Å². The monoisotopic (exact) mass is 422 g/mol. The van der Waals surface area contributed by atoms with Crippen LogP contribution >= 0.6 is 0 Å². The molecule has 1 aliphatic heterocycles. The zero-order valence-electron chi connectivity index (χ0n) is 17.4. The van der Waals surface area contributed by atoms with E-state index in [-0.39, 0.29) is 23.7 Å². The topological polar surface area (TPSA) is 104 Å². The number of aliphatic hydroxyl groups excluding tert-OH is 2. The Morgan fingerprint density at radius 1 is 0.968 bits per heavy atom. The first kappa shape index (κ1) is 22.5. The summed E-state index contributed by atoms with van der Waals surface area (Å²) in [6.45, 7) is 3.44. The van der Waals surface area contributed by atoms with Crippen LogP contribution in [0.3, 0.4) is 0 Å². The SMILES string of the molecule is C[C@@H]1OC(=O)c2c(O)cc(-c3ccccc3)cc2/C=C/C[C@H](O)[C@H](O)C(=O)/C=C\[C@@H]1C. The third-order valence-corrected chi connectivity index (χ3v) is 5.39. The molecule has 0 bridgehead atoms. The average molecular weight is 422 g/mol. The maximum atomic E-state index is 12.9. The van der Waals surface area contributed by atoms with Gasteiger partial charge in [-0.1, -0.05) is 55.5 Å². The Labute approximate surface area is 181 Å². The molecule has 2 aromatic carbocycles. The number of aliphatic hydroxyl groups is 2. The van der Waals surface area contributed by atoms with Gasteiger partial charge in [0, 0.05) is 5.92 Å². The molecule has 0 radical (unpaired) electrons. The highest BCUT2D eigenvalue weighted by atomic mass is 16.5. The van der Waals surface area contributed by atoms with Crippen molar-refractivity contribution in [1.82, 2.24) is 0 Å². The van der Waals surface area contributed by atoms with Crippen molar-refractivity contribution in [3.63, 3.8) is 0 Å².